The van der Waals surface area contributed by atoms with Crippen LogP contribution in [0, 0.1) is 0 Å². The SMILES string of the molecule is CC(=O)CC(=O)NCC1CCCCN1C. The minimum atomic E-state index is -0.151. The number of piperidine rings is 1. The fraction of sp³-hybridized carbons (Fsp3) is 0.818. The molecule has 4 heteroatoms. The standard InChI is InChI=1S/C11H20N2O2/c1-9(14)7-11(15)12-8-10-5-3-4-6-13(10)2/h10H,3-8H2,1-2H3,(H,12,15). The van der Waals surface area contributed by atoms with Crippen LogP contribution < -0.4 is 5.32 Å². The molecule has 0 saturated carbocycles. The molecule has 1 unspecified atom stereocenters. The van der Waals surface area contributed by atoms with Crippen molar-refractivity contribution in [2.75, 3.05) is 20.1 Å². The number of nitrogens with zero attached hydrogens (tertiary/aromatic N) is 1. The maximum absolute atomic E-state index is 11.3. The monoisotopic (exact) mass is 212 g/mol. The van der Waals surface area contributed by atoms with Crippen molar-refractivity contribution < 1.29 is 9.59 Å². The van der Waals surface area contributed by atoms with Gasteiger partial charge in [0.1, 0.15) is 5.78 Å². The van der Waals surface area contributed by atoms with Crippen molar-refractivity contribution in [2.24, 2.45) is 0 Å². The third-order valence-electron chi connectivity index (χ3n) is 2.87. The van der Waals surface area contributed by atoms with Crippen LogP contribution in [0.1, 0.15) is 32.6 Å². The summed E-state index contributed by atoms with van der Waals surface area (Å²) in [5.74, 6) is -0.231. The Morgan fingerprint density at radius 2 is 2.13 bits per heavy atom. The van der Waals surface area contributed by atoms with E-state index >= 15 is 0 Å². The number of rotatable bonds is 4. The highest BCUT2D eigenvalue weighted by molar-refractivity contribution is 5.96. The average molecular weight is 212 g/mol. The summed E-state index contributed by atoms with van der Waals surface area (Å²) in [5, 5.41) is 2.81. The number of nitrogens with one attached hydrogen (secondary N) is 1. The molecule has 15 heavy (non-hydrogen) atoms. The fourth-order valence-electron chi connectivity index (χ4n) is 1.92. The van der Waals surface area contributed by atoms with Gasteiger partial charge < -0.3 is 10.2 Å². The lowest BCUT2D eigenvalue weighted by Gasteiger charge is -2.32. The Balaban J connectivity index is 2.23. The van der Waals surface area contributed by atoms with Crippen LogP contribution in [0.3, 0.4) is 0 Å². The summed E-state index contributed by atoms with van der Waals surface area (Å²) in [4.78, 5) is 24.2. The first-order valence-corrected chi connectivity index (χ1v) is 5.56. The number of ketones is 1. The van der Waals surface area contributed by atoms with Crippen LogP contribution in [0.5, 0.6) is 0 Å². The Bertz CT molecular complexity index is 241. The summed E-state index contributed by atoms with van der Waals surface area (Å²) in [6.45, 7) is 3.21. The molecule has 0 aromatic carbocycles. The molecule has 1 aliphatic rings. The van der Waals surface area contributed by atoms with Crippen molar-refractivity contribution in [1.29, 1.82) is 0 Å². The third-order valence-corrected chi connectivity index (χ3v) is 2.87. The molecule has 86 valence electrons. The molecule has 1 fully saturated rings. The molecule has 0 aromatic heterocycles. The molecule has 0 aliphatic carbocycles. The molecule has 1 amide bonds. The molecule has 4 nitrogen and oxygen atoms in total. The van der Waals surface area contributed by atoms with E-state index in [0.29, 0.717) is 12.6 Å². The molecule has 1 saturated heterocycles. The zero-order valence-electron chi connectivity index (χ0n) is 9.58. The number of likely N-dealkylation sites (tertiary alicyclic amines) is 1. The van der Waals surface area contributed by atoms with Crippen molar-refractivity contribution in [3.8, 4) is 0 Å². The summed E-state index contributed by atoms with van der Waals surface area (Å²) in [6, 6.07) is 0.439. The zero-order chi connectivity index (χ0) is 11.3. The highest BCUT2D eigenvalue weighted by Gasteiger charge is 2.19. The van der Waals surface area contributed by atoms with E-state index in [1.807, 2.05) is 0 Å². The summed E-state index contributed by atoms with van der Waals surface area (Å²) >= 11 is 0. The molecule has 0 bridgehead atoms. The van der Waals surface area contributed by atoms with E-state index in [0.717, 1.165) is 13.0 Å². The van der Waals surface area contributed by atoms with Crippen LogP contribution in [-0.2, 0) is 9.59 Å². The molecule has 0 spiro atoms. The van der Waals surface area contributed by atoms with Gasteiger partial charge in [-0.15, -0.1) is 0 Å². The van der Waals surface area contributed by atoms with Gasteiger partial charge in [-0.1, -0.05) is 6.42 Å². The first-order valence-electron chi connectivity index (χ1n) is 5.56. The van der Waals surface area contributed by atoms with Crippen molar-refractivity contribution in [1.82, 2.24) is 10.2 Å². The van der Waals surface area contributed by atoms with Crippen LogP contribution in [0.25, 0.3) is 0 Å². The van der Waals surface area contributed by atoms with E-state index < -0.39 is 0 Å². The first-order chi connectivity index (χ1) is 7.09. The van der Waals surface area contributed by atoms with Gasteiger partial charge in [0.05, 0.1) is 6.42 Å². The Labute approximate surface area is 91.0 Å². The molecule has 1 heterocycles. The predicted octanol–water partition coefficient (Wildman–Crippen LogP) is 0.566. The van der Waals surface area contributed by atoms with Crippen LogP contribution in [0.15, 0.2) is 0 Å². The van der Waals surface area contributed by atoms with Gasteiger partial charge in [0.15, 0.2) is 0 Å². The van der Waals surface area contributed by atoms with Gasteiger partial charge in [0.2, 0.25) is 5.91 Å². The van der Waals surface area contributed by atoms with E-state index in [1.165, 1.54) is 19.8 Å². The fourth-order valence-corrected chi connectivity index (χ4v) is 1.92. The molecular formula is C11H20N2O2. The van der Waals surface area contributed by atoms with Crippen molar-refractivity contribution in [2.45, 2.75) is 38.6 Å². The lowest BCUT2D eigenvalue weighted by molar-refractivity contribution is -0.127. The van der Waals surface area contributed by atoms with Gasteiger partial charge in [-0.3, -0.25) is 9.59 Å². The van der Waals surface area contributed by atoms with E-state index in [4.69, 9.17) is 0 Å². The number of hydrogen-bond acceptors (Lipinski definition) is 3. The van der Waals surface area contributed by atoms with Crippen molar-refractivity contribution in [3.05, 3.63) is 0 Å². The Morgan fingerprint density at radius 1 is 1.40 bits per heavy atom. The van der Waals surface area contributed by atoms with E-state index in [1.54, 1.807) is 0 Å². The smallest absolute Gasteiger partial charge is 0.227 e. The Kier molecular flexibility index (Phi) is 4.75. The molecular weight excluding hydrogens is 192 g/mol. The first kappa shape index (κ1) is 12.2. The van der Waals surface area contributed by atoms with Crippen LogP contribution >= 0.6 is 0 Å². The summed E-state index contributed by atoms with van der Waals surface area (Å²) in [5.41, 5.74) is 0. The lowest BCUT2D eigenvalue weighted by Crippen LogP contribution is -2.44. The highest BCUT2D eigenvalue weighted by atomic mass is 16.2. The van der Waals surface area contributed by atoms with E-state index in [9.17, 15) is 9.59 Å². The summed E-state index contributed by atoms with van der Waals surface area (Å²) in [6.07, 6.45) is 3.62. The number of amides is 1. The molecule has 1 N–H and O–H groups in total. The van der Waals surface area contributed by atoms with Gasteiger partial charge in [0.25, 0.3) is 0 Å². The molecule has 0 radical (unpaired) electrons. The number of carbonyl (C=O) groups excluding carboxylic acids is 2. The summed E-state index contributed by atoms with van der Waals surface area (Å²) < 4.78 is 0. The van der Waals surface area contributed by atoms with Crippen LogP contribution in [-0.4, -0.2) is 42.8 Å². The molecule has 1 atom stereocenters. The second-order valence-electron chi connectivity index (χ2n) is 4.31. The number of carbonyl (C=O) groups is 2. The zero-order valence-corrected chi connectivity index (χ0v) is 9.58. The van der Waals surface area contributed by atoms with E-state index in [2.05, 4.69) is 17.3 Å². The minimum Gasteiger partial charge on any atom is -0.354 e. The molecule has 0 aromatic rings. The largest absolute Gasteiger partial charge is 0.354 e. The number of Topliss-reactive ketones (excluding diaryl/α,β-unsaturated/α-hetero) is 1. The molecule has 1 rings (SSSR count). The van der Waals surface area contributed by atoms with Gasteiger partial charge in [-0.25, -0.2) is 0 Å². The highest BCUT2D eigenvalue weighted by Crippen LogP contribution is 2.13. The van der Waals surface area contributed by atoms with Gasteiger partial charge in [-0.05, 0) is 33.4 Å². The maximum atomic E-state index is 11.3. The van der Waals surface area contributed by atoms with E-state index in [-0.39, 0.29) is 18.1 Å². The van der Waals surface area contributed by atoms with Gasteiger partial charge >= 0.3 is 0 Å². The topological polar surface area (TPSA) is 49.4 Å². The predicted molar refractivity (Wildman–Crippen MR) is 58.6 cm³/mol. The lowest BCUT2D eigenvalue weighted by atomic mass is 10.0. The normalized spacial score (nSPS) is 22.4. The second kappa shape index (κ2) is 5.85. The maximum Gasteiger partial charge on any atom is 0.227 e. The minimum absolute atomic E-state index is 0.0104. The Hall–Kier alpha value is -0.900. The van der Waals surface area contributed by atoms with Crippen molar-refractivity contribution >= 4 is 11.7 Å². The number of hydrogen-bond donors (Lipinski definition) is 1. The molecule has 1 aliphatic heterocycles. The average Bonchev–Trinajstić information content (AvgIpc) is 2.15. The van der Waals surface area contributed by atoms with Gasteiger partial charge in [-0.2, -0.15) is 0 Å². The van der Waals surface area contributed by atoms with Gasteiger partial charge in [0, 0.05) is 12.6 Å². The Morgan fingerprint density at radius 3 is 2.73 bits per heavy atom. The van der Waals surface area contributed by atoms with Crippen LogP contribution in [0.4, 0.5) is 0 Å². The van der Waals surface area contributed by atoms with Crippen LogP contribution in [0.2, 0.25) is 0 Å². The van der Waals surface area contributed by atoms with Crippen molar-refractivity contribution in [3.63, 3.8) is 0 Å². The summed E-state index contributed by atoms with van der Waals surface area (Å²) in [7, 11) is 2.08. The quantitative estimate of drug-likeness (QED) is 0.693. The number of likely N-dealkylation sites (N-methyl/N-ethyl adjacent to an activating group) is 1. The second-order valence-corrected chi connectivity index (χ2v) is 4.31. The third kappa shape index (κ3) is 4.42.